The number of nitrogens with one attached hydrogen (secondary N) is 1. The molecule has 17 heavy (non-hydrogen) atoms. The zero-order valence-electron chi connectivity index (χ0n) is 9.60. The van der Waals surface area contributed by atoms with Crippen LogP contribution in [0.15, 0.2) is 36.7 Å². The first-order valence-corrected chi connectivity index (χ1v) is 5.38. The Morgan fingerprint density at radius 2 is 2.12 bits per heavy atom. The van der Waals surface area contributed by atoms with Gasteiger partial charge in [0.2, 0.25) is 0 Å². The molecule has 0 aliphatic heterocycles. The Kier molecular flexibility index (Phi) is 3.51. The van der Waals surface area contributed by atoms with Crippen LogP contribution in [0.2, 0.25) is 0 Å². The molecule has 1 heterocycles. The first kappa shape index (κ1) is 11.8. The van der Waals surface area contributed by atoms with Crippen LogP contribution in [0, 0.1) is 5.82 Å². The lowest BCUT2D eigenvalue weighted by molar-refractivity contribution is 0.549. The van der Waals surface area contributed by atoms with Gasteiger partial charge in [-0.1, -0.05) is 12.1 Å². The number of nitrogens with two attached hydrogens (primary N) is 1. The lowest BCUT2D eigenvalue weighted by Gasteiger charge is -2.15. The summed E-state index contributed by atoms with van der Waals surface area (Å²) in [5, 5.41) is 4.10. The second-order valence-corrected chi connectivity index (χ2v) is 4.00. The van der Waals surface area contributed by atoms with E-state index in [4.69, 9.17) is 5.84 Å². The first-order chi connectivity index (χ1) is 8.19. The summed E-state index contributed by atoms with van der Waals surface area (Å²) in [7, 11) is 1.87. The molecule has 0 amide bonds. The van der Waals surface area contributed by atoms with Gasteiger partial charge in [-0.05, 0) is 29.7 Å². The van der Waals surface area contributed by atoms with Gasteiger partial charge in [0.15, 0.2) is 0 Å². The average molecular weight is 234 g/mol. The minimum atomic E-state index is -0.245. The van der Waals surface area contributed by atoms with Crippen molar-refractivity contribution in [2.45, 2.75) is 12.5 Å². The molecule has 0 radical (unpaired) electrons. The molecule has 1 unspecified atom stereocenters. The molecule has 0 saturated carbocycles. The monoisotopic (exact) mass is 234 g/mol. The van der Waals surface area contributed by atoms with E-state index in [0.29, 0.717) is 0 Å². The van der Waals surface area contributed by atoms with E-state index in [2.05, 4.69) is 10.5 Å². The molecule has 4 nitrogen and oxygen atoms in total. The number of aromatic nitrogens is 2. The maximum Gasteiger partial charge on any atom is 0.123 e. The molecule has 90 valence electrons. The van der Waals surface area contributed by atoms with Gasteiger partial charge in [-0.15, -0.1) is 0 Å². The van der Waals surface area contributed by atoms with Gasteiger partial charge in [-0.3, -0.25) is 16.0 Å². The Labute approximate surface area is 99.2 Å². The van der Waals surface area contributed by atoms with Crippen LogP contribution in [0.1, 0.15) is 17.2 Å². The van der Waals surface area contributed by atoms with E-state index in [1.165, 1.54) is 12.1 Å². The third-order valence-corrected chi connectivity index (χ3v) is 2.67. The zero-order chi connectivity index (χ0) is 12.3. The van der Waals surface area contributed by atoms with Gasteiger partial charge in [0.1, 0.15) is 5.82 Å². The molecule has 1 atom stereocenters. The topological polar surface area (TPSA) is 55.9 Å². The van der Waals surface area contributed by atoms with E-state index in [9.17, 15) is 4.39 Å². The van der Waals surface area contributed by atoms with Crippen molar-refractivity contribution in [3.63, 3.8) is 0 Å². The fraction of sp³-hybridized carbons (Fsp3) is 0.250. The molecule has 0 fully saturated rings. The summed E-state index contributed by atoms with van der Waals surface area (Å²) in [6, 6.07) is 6.29. The normalized spacial score (nSPS) is 12.6. The SMILES string of the molecule is Cn1cc(CC(NN)c2ccc(F)cc2)cn1. The molecule has 2 aromatic rings. The average Bonchev–Trinajstić information content (AvgIpc) is 2.73. The summed E-state index contributed by atoms with van der Waals surface area (Å²) >= 11 is 0. The minimum absolute atomic E-state index is 0.0419. The summed E-state index contributed by atoms with van der Waals surface area (Å²) in [6.45, 7) is 0. The molecule has 0 aliphatic rings. The van der Waals surface area contributed by atoms with Crippen LogP contribution in [0.4, 0.5) is 4.39 Å². The number of nitrogens with zero attached hydrogens (tertiary/aromatic N) is 2. The molecule has 1 aromatic heterocycles. The molecule has 2 rings (SSSR count). The molecule has 0 spiro atoms. The molecule has 0 aliphatic carbocycles. The van der Waals surface area contributed by atoms with Gasteiger partial charge < -0.3 is 0 Å². The maximum atomic E-state index is 12.8. The molecule has 1 aromatic carbocycles. The van der Waals surface area contributed by atoms with E-state index in [-0.39, 0.29) is 11.9 Å². The van der Waals surface area contributed by atoms with Crippen molar-refractivity contribution >= 4 is 0 Å². The smallest absolute Gasteiger partial charge is 0.123 e. The second kappa shape index (κ2) is 5.07. The Morgan fingerprint density at radius 3 is 2.65 bits per heavy atom. The fourth-order valence-corrected chi connectivity index (χ4v) is 1.78. The summed E-state index contributed by atoms with van der Waals surface area (Å²) in [6.07, 6.45) is 4.46. The third kappa shape index (κ3) is 2.89. The van der Waals surface area contributed by atoms with Crippen LogP contribution in [0.5, 0.6) is 0 Å². The number of aryl methyl sites for hydroxylation is 1. The van der Waals surface area contributed by atoms with Crippen molar-refractivity contribution in [3.05, 3.63) is 53.6 Å². The highest BCUT2D eigenvalue weighted by Gasteiger charge is 2.11. The van der Waals surface area contributed by atoms with Gasteiger partial charge in [-0.25, -0.2) is 4.39 Å². The van der Waals surface area contributed by atoms with Gasteiger partial charge >= 0.3 is 0 Å². The number of halogens is 1. The van der Waals surface area contributed by atoms with E-state index < -0.39 is 0 Å². The Hall–Kier alpha value is -1.72. The van der Waals surface area contributed by atoms with E-state index in [1.54, 1.807) is 23.0 Å². The highest BCUT2D eigenvalue weighted by atomic mass is 19.1. The van der Waals surface area contributed by atoms with E-state index >= 15 is 0 Å². The van der Waals surface area contributed by atoms with Gasteiger partial charge in [0, 0.05) is 13.2 Å². The summed E-state index contributed by atoms with van der Waals surface area (Å²) in [5.74, 6) is 5.28. The lowest BCUT2D eigenvalue weighted by Crippen LogP contribution is -2.29. The van der Waals surface area contributed by atoms with Crippen molar-refractivity contribution in [1.82, 2.24) is 15.2 Å². The van der Waals surface area contributed by atoms with Crippen molar-refractivity contribution in [2.24, 2.45) is 12.9 Å². The van der Waals surface area contributed by atoms with Crippen molar-refractivity contribution < 1.29 is 4.39 Å². The fourth-order valence-electron chi connectivity index (χ4n) is 1.78. The van der Waals surface area contributed by atoms with E-state index in [1.807, 2.05) is 13.2 Å². The third-order valence-electron chi connectivity index (χ3n) is 2.67. The predicted molar refractivity (Wildman–Crippen MR) is 63.4 cm³/mol. The standard InChI is InChI=1S/C12H15FN4/c1-17-8-9(7-15-17)6-12(16-14)10-2-4-11(13)5-3-10/h2-5,7-8,12,16H,6,14H2,1H3. The van der Waals surface area contributed by atoms with Crippen LogP contribution in [-0.4, -0.2) is 9.78 Å². The Bertz CT molecular complexity index is 478. The van der Waals surface area contributed by atoms with E-state index in [0.717, 1.165) is 17.5 Å². The van der Waals surface area contributed by atoms with Crippen LogP contribution < -0.4 is 11.3 Å². The van der Waals surface area contributed by atoms with Crippen molar-refractivity contribution in [2.75, 3.05) is 0 Å². The molecule has 5 heteroatoms. The van der Waals surface area contributed by atoms with Gasteiger partial charge in [-0.2, -0.15) is 5.10 Å². The molecule has 3 N–H and O–H groups in total. The lowest BCUT2D eigenvalue weighted by atomic mass is 10.0. The largest absolute Gasteiger partial charge is 0.276 e. The van der Waals surface area contributed by atoms with Gasteiger partial charge in [0.05, 0.1) is 12.2 Å². The first-order valence-electron chi connectivity index (χ1n) is 5.38. The Balaban J connectivity index is 2.13. The summed E-state index contributed by atoms with van der Waals surface area (Å²) in [5.41, 5.74) is 4.78. The predicted octanol–water partition coefficient (Wildman–Crippen LogP) is 1.31. The molecule has 0 bridgehead atoms. The number of hydrogen-bond acceptors (Lipinski definition) is 3. The van der Waals surface area contributed by atoms with Crippen LogP contribution in [-0.2, 0) is 13.5 Å². The second-order valence-electron chi connectivity index (χ2n) is 4.00. The number of rotatable bonds is 4. The highest BCUT2D eigenvalue weighted by molar-refractivity contribution is 5.22. The zero-order valence-corrected chi connectivity index (χ0v) is 9.60. The summed E-state index contributed by atoms with van der Waals surface area (Å²) in [4.78, 5) is 0. The number of hydrogen-bond donors (Lipinski definition) is 2. The van der Waals surface area contributed by atoms with Crippen molar-refractivity contribution in [1.29, 1.82) is 0 Å². The number of benzene rings is 1. The van der Waals surface area contributed by atoms with Gasteiger partial charge in [0.25, 0.3) is 0 Å². The number of hydrazine groups is 1. The maximum absolute atomic E-state index is 12.8. The Morgan fingerprint density at radius 1 is 1.41 bits per heavy atom. The van der Waals surface area contributed by atoms with Crippen molar-refractivity contribution in [3.8, 4) is 0 Å². The minimum Gasteiger partial charge on any atom is -0.276 e. The quantitative estimate of drug-likeness (QED) is 0.619. The van der Waals surface area contributed by atoms with Crippen LogP contribution in [0.25, 0.3) is 0 Å². The van der Waals surface area contributed by atoms with Crippen LogP contribution >= 0.6 is 0 Å². The molecule has 0 saturated heterocycles. The molecular weight excluding hydrogens is 219 g/mol. The molecular formula is C12H15FN4. The highest BCUT2D eigenvalue weighted by Crippen LogP contribution is 2.17. The van der Waals surface area contributed by atoms with Crippen LogP contribution in [0.3, 0.4) is 0 Å². The summed E-state index contributed by atoms with van der Waals surface area (Å²) < 4.78 is 14.6.